The summed E-state index contributed by atoms with van der Waals surface area (Å²) in [7, 11) is 7.01. The Morgan fingerprint density at radius 2 is 1.71 bits per heavy atom. The number of phenolic OH excluding ortho intramolecular Hbond substituents is 1. The van der Waals surface area contributed by atoms with E-state index < -0.39 is 83.5 Å². The number of nitrogens with zero attached hydrogens (tertiary/aromatic N) is 2. The number of hydrogen-bond acceptors (Lipinski definition) is 16. The van der Waals surface area contributed by atoms with Crippen molar-refractivity contribution >= 4 is 23.7 Å². The van der Waals surface area contributed by atoms with Crippen LogP contribution in [0.4, 0.5) is 0 Å². The van der Waals surface area contributed by atoms with Gasteiger partial charge in [0.05, 0.1) is 31.0 Å². The highest BCUT2D eigenvalue weighted by atomic mass is 16.7. The Kier molecular flexibility index (Phi) is 17.4. The number of aromatic hydroxyl groups is 1. The van der Waals surface area contributed by atoms with Crippen LogP contribution in [-0.2, 0) is 51.1 Å². The number of allylic oxidation sites excluding steroid dienone is 2. The van der Waals surface area contributed by atoms with Gasteiger partial charge in [-0.1, -0.05) is 32.4 Å². The molecule has 13 atom stereocenters. The first-order chi connectivity index (χ1) is 29.3. The van der Waals surface area contributed by atoms with E-state index >= 15 is 0 Å². The molecule has 16 heteroatoms. The number of carbonyl (C=O) groups is 4. The molecule has 4 rings (SSSR count). The number of aliphatic hydroxyl groups excluding tert-OH is 1. The summed E-state index contributed by atoms with van der Waals surface area (Å²) in [6.45, 7) is 17.4. The predicted molar refractivity (Wildman–Crippen MR) is 233 cm³/mol. The highest BCUT2D eigenvalue weighted by Crippen LogP contribution is 2.42. The second-order valence-corrected chi connectivity index (χ2v) is 19.0. The molecule has 1 aromatic carbocycles. The summed E-state index contributed by atoms with van der Waals surface area (Å²) in [4.78, 5) is 57.8. The van der Waals surface area contributed by atoms with E-state index in [0.717, 1.165) is 5.57 Å². The molecule has 0 bridgehead atoms. The zero-order chi connectivity index (χ0) is 47.5. The van der Waals surface area contributed by atoms with Crippen molar-refractivity contribution in [1.82, 2.24) is 9.80 Å². The van der Waals surface area contributed by atoms with E-state index in [0.29, 0.717) is 41.8 Å². The van der Waals surface area contributed by atoms with Crippen LogP contribution >= 0.6 is 0 Å². The van der Waals surface area contributed by atoms with Crippen molar-refractivity contribution in [1.29, 1.82) is 0 Å². The summed E-state index contributed by atoms with van der Waals surface area (Å²) in [5.74, 6) is -4.95. The Hall–Kier alpha value is -3.64. The van der Waals surface area contributed by atoms with Crippen molar-refractivity contribution in [2.24, 2.45) is 17.8 Å². The van der Waals surface area contributed by atoms with E-state index in [1.54, 1.807) is 34.7 Å². The molecule has 63 heavy (non-hydrogen) atoms. The molecule has 1 aromatic rings. The summed E-state index contributed by atoms with van der Waals surface area (Å²) in [6.07, 6.45) is -3.12. The molecule has 3 aliphatic rings. The number of aliphatic hydroxyl groups is 3. The number of phenols is 1. The minimum absolute atomic E-state index is 0.0145. The molecule has 3 aliphatic heterocycles. The lowest BCUT2D eigenvalue weighted by Gasteiger charge is -2.46. The van der Waals surface area contributed by atoms with Crippen LogP contribution in [0.5, 0.6) is 11.5 Å². The Bertz CT molecular complexity index is 1840. The van der Waals surface area contributed by atoms with Crippen molar-refractivity contribution in [3.8, 4) is 11.5 Å². The summed E-state index contributed by atoms with van der Waals surface area (Å²) in [5.41, 5.74) is -0.827. The largest absolute Gasteiger partial charge is 0.507 e. The van der Waals surface area contributed by atoms with Crippen molar-refractivity contribution in [3.05, 3.63) is 33.9 Å². The predicted octanol–water partition coefficient (Wildman–Crippen LogP) is 4.40. The first kappa shape index (κ1) is 52.0. The van der Waals surface area contributed by atoms with Crippen LogP contribution in [0, 0.1) is 24.7 Å². The second kappa shape index (κ2) is 21.1. The minimum atomic E-state index is -1.84. The molecule has 0 radical (unpaired) electrons. The van der Waals surface area contributed by atoms with Crippen LogP contribution in [-0.4, -0.2) is 149 Å². The van der Waals surface area contributed by atoms with Crippen molar-refractivity contribution in [2.45, 2.75) is 174 Å². The average Bonchev–Trinajstić information content (AvgIpc) is 3.61. The second-order valence-electron chi connectivity index (χ2n) is 19.0. The Morgan fingerprint density at radius 3 is 2.32 bits per heavy atom. The van der Waals surface area contributed by atoms with E-state index in [9.17, 15) is 39.6 Å². The maximum Gasteiger partial charge on any atom is 0.342 e. The van der Waals surface area contributed by atoms with E-state index in [1.165, 1.54) is 21.0 Å². The van der Waals surface area contributed by atoms with Crippen LogP contribution < -0.4 is 4.74 Å². The molecule has 3 heterocycles. The van der Waals surface area contributed by atoms with Crippen molar-refractivity contribution in [3.63, 3.8) is 0 Å². The molecule has 2 fully saturated rings. The molecule has 2 saturated heterocycles. The Labute approximate surface area is 373 Å². The van der Waals surface area contributed by atoms with Crippen LogP contribution in [0.3, 0.4) is 0 Å². The average molecular weight is 891 g/mol. The maximum absolute atomic E-state index is 14.3. The van der Waals surface area contributed by atoms with E-state index in [2.05, 4.69) is 0 Å². The number of ether oxygens (including phenoxy) is 6. The number of likely N-dealkylation sites (N-methyl/N-ethyl adjacent to an activating group) is 2. The number of hydrogen-bond donors (Lipinski definition) is 4. The first-order valence-electron chi connectivity index (χ1n) is 22.3. The maximum atomic E-state index is 14.3. The molecule has 0 aromatic heterocycles. The van der Waals surface area contributed by atoms with Gasteiger partial charge in [0, 0.05) is 36.1 Å². The number of rotatable bonds is 11. The van der Waals surface area contributed by atoms with Gasteiger partial charge in [0.15, 0.2) is 18.2 Å². The summed E-state index contributed by atoms with van der Waals surface area (Å²) < 4.78 is 35.8. The topological polar surface area (TPSA) is 211 Å². The number of carbonyl (C=O) groups excluding carboxylic acids is 4. The Balaban J connectivity index is 1.61. The van der Waals surface area contributed by atoms with E-state index in [1.807, 2.05) is 57.7 Å². The molecule has 0 amide bonds. The van der Waals surface area contributed by atoms with Crippen molar-refractivity contribution in [2.75, 3.05) is 34.8 Å². The molecule has 16 nitrogen and oxygen atoms in total. The van der Waals surface area contributed by atoms with E-state index in [4.69, 9.17) is 28.4 Å². The van der Waals surface area contributed by atoms with Crippen LogP contribution in [0.15, 0.2) is 11.6 Å². The van der Waals surface area contributed by atoms with Crippen LogP contribution in [0.2, 0.25) is 0 Å². The smallest absolute Gasteiger partial charge is 0.342 e. The number of fused-ring (bicyclic) bond motifs is 1. The lowest BCUT2D eigenvalue weighted by atomic mass is 9.78. The summed E-state index contributed by atoms with van der Waals surface area (Å²) in [6, 6.07) is -0.964. The first-order valence-corrected chi connectivity index (χ1v) is 22.3. The molecular formula is C47H74N2O14. The van der Waals surface area contributed by atoms with Gasteiger partial charge < -0.3 is 58.6 Å². The summed E-state index contributed by atoms with van der Waals surface area (Å²) in [5, 5.41) is 46.3. The fraction of sp³-hybridized carbons (Fsp3) is 0.745. The molecule has 0 saturated carbocycles. The summed E-state index contributed by atoms with van der Waals surface area (Å²) >= 11 is 0. The van der Waals surface area contributed by atoms with Gasteiger partial charge in [-0.15, -0.1) is 0 Å². The third-order valence-electron chi connectivity index (χ3n) is 13.5. The van der Waals surface area contributed by atoms with Crippen LogP contribution in [0.25, 0.3) is 0 Å². The van der Waals surface area contributed by atoms with Gasteiger partial charge in [-0.25, -0.2) is 4.79 Å². The van der Waals surface area contributed by atoms with Crippen LogP contribution in [0.1, 0.15) is 121 Å². The van der Waals surface area contributed by atoms with Crippen molar-refractivity contribution < 1.29 is 68.0 Å². The fourth-order valence-corrected chi connectivity index (χ4v) is 9.61. The van der Waals surface area contributed by atoms with Gasteiger partial charge in [-0.3, -0.25) is 14.4 Å². The SMILES string of the molecule is CC[C@H]1OC(=O)[C@H](C)C(=O)[C@H](C)[C@@H](O[C@@H]2O[C@H](C)C[C@H](N(C)C)[C@H]2OC(=O)CC/C(C)=C/Cc2c(O)c3c(c(C)c2OC)COC3=O)[C@](C)(O)C[C@@H](C)CN(C)[C@H](C)[C@@H](O)[C@]1(C)O. The molecular weight excluding hydrogens is 817 g/mol. The standard InChI is InChI=1S/C47H74N2O14/c1-15-34-47(10,57)41(53)30(8)49(13)22-25(3)21-46(9,56)42(28(6)37(51)29(7)43(54)61-34)63-45-40(33(48(11)12)20-26(4)60-45)62-35(50)19-17-24(2)16-18-31-38(52)36-32(23-59-44(36)55)27(5)39(31)58-14/h16,25-26,28-30,33-34,40-42,45,52-53,56-57H,15,17-23H2,1-14H3/b24-16+/t25-,26-,28+,29-,30-,33+,34-,40-,41-,42-,45+,46-,47-/m1/s1. The molecule has 4 N–H and O–H groups in total. The molecule has 0 aliphatic carbocycles. The highest BCUT2D eigenvalue weighted by Gasteiger charge is 2.51. The number of cyclic esters (lactones) is 2. The van der Waals surface area contributed by atoms with Gasteiger partial charge in [0.25, 0.3) is 0 Å². The zero-order valence-electron chi connectivity index (χ0n) is 39.9. The highest BCUT2D eigenvalue weighted by molar-refractivity contribution is 6.00. The number of Topliss-reactive ketones (excluding diaryl/α,β-unsaturated/α-hetero) is 1. The van der Waals surface area contributed by atoms with Gasteiger partial charge >= 0.3 is 17.9 Å². The lowest BCUT2D eigenvalue weighted by Crippen LogP contribution is -2.60. The minimum Gasteiger partial charge on any atom is -0.507 e. The third kappa shape index (κ3) is 11.6. The number of methoxy groups -OCH3 is 1. The third-order valence-corrected chi connectivity index (χ3v) is 13.5. The molecule has 356 valence electrons. The monoisotopic (exact) mass is 891 g/mol. The van der Waals surface area contributed by atoms with Gasteiger partial charge in [0.2, 0.25) is 0 Å². The molecule has 0 spiro atoms. The van der Waals surface area contributed by atoms with Gasteiger partial charge in [-0.05, 0) is 113 Å². The Morgan fingerprint density at radius 1 is 1.06 bits per heavy atom. The number of benzene rings is 1. The van der Waals surface area contributed by atoms with E-state index in [-0.39, 0.29) is 61.7 Å². The number of ketones is 1. The van der Waals surface area contributed by atoms with Gasteiger partial charge in [-0.2, -0.15) is 0 Å². The fourth-order valence-electron chi connectivity index (χ4n) is 9.61. The molecule has 0 unspecified atom stereocenters. The normalized spacial score (nSPS) is 35.4. The quantitative estimate of drug-likeness (QED) is 0.105. The number of esters is 3. The lowest BCUT2D eigenvalue weighted by molar-refractivity contribution is -0.296. The zero-order valence-corrected chi connectivity index (χ0v) is 39.9. The van der Waals surface area contributed by atoms with Gasteiger partial charge in [0.1, 0.15) is 47.4 Å².